The first kappa shape index (κ1) is 37.1. The normalized spacial score (nSPS) is 11.9. The molecule has 0 N–H and O–H groups in total. The average molecular weight is 854 g/mol. The molecule has 0 radical (unpaired) electrons. The second-order valence-electron chi connectivity index (χ2n) is 17.5. The molecule has 0 saturated heterocycles. The molecular weight excluding hydrogens is 815 g/mol. The lowest BCUT2D eigenvalue weighted by Gasteiger charge is -2.19. The third-order valence-corrected chi connectivity index (χ3v) is 15.2. The molecule has 0 amide bonds. The van der Waals surface area contributed by atoms with Gasteiger partial charge in [0.15, 0.2) is 0 Å². The van der Waals surface area contributed by atoms with Gasteiger partial charge >= 0.3 is 0 Å². The van der Waals surface area contributed by atoms with Crippen molar-refractivity contribution in [1.82, 2.24) is 4.57 Å². The summed E-state index contributed by atoms with van der Waals surface area (Å²) in [5.41, 5.74) is 13.7. The van der Waals surface area contributed by atoms with Crippen LogP contribution in [0.3, 0.4) is 0 Å². The molecule has 66 heavy (non-hydrogen) atoms. The third-order valence-electron chi connectivity index (χ3n) is 14.0. The fourth-order valence-electron chi connectivity index (χ4n) is 11.2. The summed E-state index contributed by atoms with van der Waals surface area (Å²) in [6.45, 7) is 0. The number of fused-ring (bicyclic) bond motifs is 10. The molecule has 0 bridgehead atoms. The van der Waals surface area contributed by atoms with E-state index in [4.69, 9.17) is 0 Å². The van der Waals surface area contributed by atoms with Gasteiger partial charge < -0.3 is 4.57 Å². The van der Waals surface area contributed by atoms with E-state index in [1.54, 1.807) is 0 Å². The van der Waals surface area contributed by atoms with Crippen LogP contribution in [0.5, 0.6) is 0 Å². The van der Waals surface area contributed by atoms with Crippen LogP contribution in [0.2, 0.25) is 0 Å². The summed E-state index contributed by atoms with van der Waals surface area (Å²) in [7, 11) is 0. The highest BCUT2D eigenvalue weighted by Gasteiger charge is 2.23. The van der Waals surface area contributed by atoms with Crippen LogP contribution in [0.25, 0.3) is 135 Å². The first-order chi connectivity index (χ1) is 32.8. The number of thiophene rings is 1. The minimum Gasteiger partial charge on any atom is -0.308 e. The number of hydrogen-bond acceptors (Lipinski definition) is 1. The smallest absolute Gasteiger partial charge is 0.0619 e. The van der Waals surface area contributed by atoms with Gasteiger partial charge in [0.25, 0.3) is 0 Å². The molecular formula is C64H39NS. The zero-order chi connectivity index (χ0) is 43.3. The van der Waals surface area contributed by atoms with Gasteiger partial charge in [-0.25, -0.2) is 0 Å². The van der Waals surface area contributed by atoms with E-state index in [0.717, 1.165) is 0 Å². The van der Waals surface area contributed by atoms with Gasteiger partial charge in [0.05, 0.1) is 16.7 Å². The van der Waals surface area contributed by atoms with Crippen molar-refractivity contribution in [3.05, 3.63) is 237 Å². The molecule has 0 unspecified atom stereocenters. The molecule has 0 atom stereocenters. The standard InChI is InChI=1S/C64H39NS/c1-3-18-40(19-4-1)42-34-36-58-55(38-42)44-22-15-16-33-57(44)65(58)63-51-29-13-11-27-49(51)61(50-28-12-14-30-52(50)63)43-35-37-59-56(39-43)53-31-17-32-54(64(53)66-59)62-47-25-9-7-23-45(47)60(41-20-5-2-6-21-41)46-24-8-10-26-48(46)62/h1-39H. The number of nitrogens with zero attached hydrogens (tertiary/aromatic N) is 1. The molecule has 2 aromatic heterocycles. The molecule has 14 aromatic rings. The number of benzene rings is 12. The van der Waals surface area contributed by atoms with Crippen LogP contribution in [0.1, 0.15) is 0 Å². The van der Waals surface area contributed by atoms with Crippen molar-refractivity contribution < 1.29 is 0 Å². The first-order valence-electron chi connectivity index (χ1n) is 22.8. The summed E-state index contributed by atoms with van der Waals surface area (Å²) >= 11 is 1.91. The highest BCUT2D eigenvalue weighted by atomic mass is 32.1. The maximum Gasteiger partial charge on any atom is 0.0619 e. The monoisotopic (exact) mass is 853 g/mol. The van der Waals surface area contributed by atoms with Crippen LogP contribution >= 0.6 is 11.3 Å². The molecule has 0 aliphatic rings. The summed E-state index contributed by atoms with van der Waals surface area (Å²) in [6.07, 6.45) is 0. The Morgan fingerprint density at radius 2 is 0.712 bits per heavy atom. The molecule has 1 nitrogen and oxygen atoms in total. The van der Waals surface area contributed by atoms with Gasteiger partial charge in [0, 0.05) is 47.3 Å². The molecule has 2 heteroatoms. The van der Waals surface area contributed by atoms with Gasteiger partial charge in [-0.1, -0.05) is 206 Å². The van der Waals surface area contributed by atoms with Crippen molar-refractivity contribution in [2.75, 3.05) is 0 Å². The Morgan fingerprint density at radius 3 is 1.35 bits per heavy atom. The molecule has 306 valence electrons. The van der Waals surface area contributed by atoms with Crippen LogP contribution in [-0.4, -0.2) is 4.57 Å². The predicted molar refractivity (Wildman–Crippen MR) is 285 cm³/mol. The minimum atomic E-state index is 1.20. The third kappa shape index (κ3) is 5.46. The second kappa shape index (κ2) is 14.6. The first-order valence-corrected chi connectivity index (χ1v) is 23.6. The van der Waals surface area contributed by atoms with Crippen molar-refractivity contribution in [1.29, 1.82) is 0 Å². The summed E-state index contributed by atoms with van der Waals surface area (Å²) in [6, 6.07) is 87.6. The van der Waals surface area contributed by atoms with E-state index in [1.807, 2.05) is 11.3 Å². The van der Waals surface area contributed by atoms with E-state index in [9.17, 15) is 0 Å². The van der Waals surface area contributed by atoms with Crippen molar-refractivity contribution in [2.45, 2.75) is 0 Å². The maximum atomic E-state index is 2.52. The second-order valence-corrected chi connectivity index (χ2v) is 18.5. The van der Waals surface area contributed by atoms with Gasteiger partial charge in [-0.05, 0) is 102 Å². The Bertz CT molecular complexity index is 4160. The summed E-state index contributed by atoms with van der Waals surface area (Å²) in [5, 5.41) is 15.2. The largest absolute Gasteiger partial charge is 0.308 e. The molecule has 0 aliphatic carbocycles. The topological polar surface area (TPSA) is 4.93 Å². The lowest BCUT2D eigenvalue weighted by Crippen LogP contribution is -1.99. The minimum absolute atomic E-state index is 1.20. The number of para-hydroxylation sites is 1. The fraction of sp³-hybridized carbons (Fsp3) is 0. The van der Waals surface area contributed by atoms with E-state index >= 15 is 0 Å². The maximum absolute atomic E-state index is 2.52. The molecule has 0 spiro atoms. The Kier molecular flexibility index (Phi) is 8.22. The van der Waals surface area contributed by atoms with E-state index in [0.29, 0.717) is 0 Å². The van der Waals surface area contributed by atoms with Crippen LogP contribution in [-0.2, 0) is 0 Å². The predicted octanol–water partition coefficient (Wildman–Crippen LogP) is 18.4. The van der Waals surface area contributed by atoms with Crippen molar-refractivity contribution >= 4 is 96.4 Å². The zero-order valence-corrected chi connectivity index (χ0v) is 36.7. The Balaban J connectivity index is 0.999. The van der Waals surface area contributed by atoms with Gasteiger partial charge in [-0.2, -0.15) is 0 Å². The molecule has 2 heterocycles. The molecule has 0 fully saturated rings. The van der Waals surface area contributed by atoms with Crippen molar-refractivity contribution in [3.8, 4) is 50.2 Å². The van der Waals surface area contributed by atoms with Gasteiger partial charge in [0.1, 0.15) is 0 Å². The Hall–Kier alpha value is -8.30. The van der Waals surface area contributed by atoms with Crippen molar-refractivity contribution in [2.24, 2.45) is 0 Å². The fourth-order valence-corrected chi connectivity index (χ4v) is 12.4. The summed E-state index contributed by atoms with van der Waals surface area (Å²) < 4.78 is 5.13. The molecule has 12 aromatic carbocycles. The Morgan fingerprint density at radius 1 is 0.258 bits per heavy atom. The molecule has 0 saturated carbocycles. The van der Waals surface area contributed by atoms with E-state index in [-0.39, 0.29) is 0 Å². The van der Waals surface area contributed by atoms with Crippen molar-refractivity contribution in [3.63, 3.8) is 0 Å². The number of hydrogen-bond donors (Lipinski definition) is 0. The highest BCUT2D eigenvalue weighted by molar-refractivity contribution is 7.26. The molecule has 0 aliphatic heterocycles. The summed E-state index contributed by atoms with van der Waals surface area (Å²) in [4.78, 5) is 0. The lowest BCUT2D eigenvalue weighted by atomic mass is 9.85. The number of aromatic nitrogens is 1. The van der Waals surface area contributed by atoms with Gasteiger partial charge in [0.2, 0.25) is 0 Å². The van der Waals surface area contributed by atoms with Crippen LogP contribution in [0, 0.1) is 0 Å². The van der Waals surface area contributed by atoms with E-state index in [2.05, 4.69) is 241 Å². The number of rotatable bonds is 5. The van der Waals surface area contributed by atoms with Crippen LogP contribution in [0.15, 0.2) is 237 Å². The SMILES string of the molecule is c1ccc(-c2ccc3c(c2)c2ccccc2n3-c2c3ccccc3c(-c3ccc4sc5c(-c6c7ccccc7c(-c7ccccc7)c7ccccc67)cccc5c4c3)c3ccccc23)cc1. The van der Waals surface area contributed by atoms with Gasteiger partial charge in [-0.3, -0.25) is 0 Å². The van der Waals surface area contributed by atoms with Gasteiger partial charge in [-0.15, -0.1) is 11.3 Å². The molecule has 14 rings (SSSR count). The quantitative estimate of drug-likeness (QED) is 0.152. The average Bonchev–Trinajstić information content (AvgIpc) is 3.93. The zero-order valence-electron chi connectivity index (χ0n) is 35.9. The highest BCUT2D eigenvalue weighted by Crippen LogP contribution is 2.50. The Labute approximate surface area is 385 Å². The van der Waals surface area contributed by atoms with Crippen LogP contribution < -0.4 is 0 Å². The summed E-state index contributed by atoms with van der Waals surface area (Å²) in [5.74, 6) is 0. The lowest BCUT2D eigenvalue weighted by molar-refractivity contribution is 1.21. The van der Waals surface area contributed by atoms with Crippen LogP contribution in [0.4, 0.5) is 0 Å². The van der Waals surface area contributed by atoms with E-state index in [1.165, 1.54) is 135 Å². The van der Waals surface area contributed by atoms with E-state index < -0.39 is 0 Å².